The average Bonchev–Trinajstić information content (AvgIpc) is 3.28. The van der Waals surface area contributed by atoms with Gasteiger partial charge in [0.05, 0.1) is 30.3 Å². The largest absolute Gasteiger partial charge is 0.460 e. The number of esters is 1. The minimum Gasteiger partial charge on any atom is -0.460 e. The van der Waals surface area contributed by atoms with E-state index in [0.717, 1.165) is 12.0 Å². The molecular formula is C52H83NO12. The fraction of sp³-hybridized carbons (Fsp3) is 0.769. The van der Waals surface area contributed by atoms with Crippen LogP contribution in [0.4, 0.5) is 0 Å². The topological polar surface area (TPSA) is 178 Å². The van der Waals surface area contributed by atoms with Gasteiger partial charge in [0.25, 0.3) is 0 Å². The lowest BCUT2D eigenvalue weighted by atomic mass is 9.78. The molecule has 1 saturated carbocycles. The number of carbonyl (C=O) groups excluding carboxylic acids is 4. The molecule has 3 aliphatic heterocycles. The van der Waals surface area contributed by atoms with E-state index in [9.17, 15) is 34.5 Å². The van der Waals surface area contributed by atoms with Crippen molar-refractivity contribution in [2.24, 2.45) is 41.4 Å². The van der Waals surface area contributed by atoms with E-state index in [-0.39, 0.29) is 59.8 Å². The minimum atomic E-state index is -1.79. The van der Waals surface area contributed by atoms with Crippen molar-refractivity contribution >= 4 is 23.4 Å². The Morgan fingerprint density at radius 2 is 1.57 bits per heavy atom. The van der Waals surface area contributed by atoms with E-state index < -0.39 is 66.1 Å². The molecule has 3 heterocycles. The molecule has 0 radical (unpaired) electrons. The van der Waals surface area contributed by atoms with Gasteiger partial charge in [-0.05, 0) is 114 Å². The molecule has 2 bridgehead atoms. The van der Waals surface area contributed by atoms with Gasteiger partial charge in [0.15, 0.2) is 11.6 Å². The summed E-state index contributed by atoms with van der Waals surface area (Å²) in [5, 5.41) is 34.2. The Labute approximate surface area is 389 Å². The number of cyclic esters (lactones) is 1. The van der Waals surface area contributed by atoms with E-state index in [1.165, 1.54) is 12.0 Å². The van der Waals surface area contributed by atoms with Crippen LogP contribution < -0.4 is 0 Å². The van der Waals surface area contributed by atoms with E-state index in [4.69, 9.17) is 23.7 Å². The molecule has 4 rings (SSSR count). The quantitative estimate of drug-likeness (QED) is 0.180. The van der Waals surface area contributed by atoms with Crippen LogP contribution in [0.25, 0.3) is 0 Å². The molecule has 1 amide bonds. The van der Waals surface area contributed by atoms with Crippen molar-refractivity contribution in [2.75, 3.05) is 27.9 Å². The molecule has 1 aliphatic carbocycles. The van der Waals surface area contributed by atoms with Gasteiger partial charge in [-0.3, -0.25) is 14.4 Å². The number of ketones is 2. The van der Waals surface area contributed by atoms with Gasteiger partial charge in [0, 0.05) is 58.5 Å². The van der Waals surface area contributed by atoms with E-state index in [0.29, 0.717) is 76.3 Å². The van der Waals surface area contributed by atoms with Gasteiger partial charge in [0.1, 0.15) is 30.1 Å². The second-order valence-electron chi connectivity index (χ2n) is 20.1. The fourth-order valence-corrected chi connectivity index (χ4v) is 10.6. The average molecular weight is 914 g/mol. The zero-order chi connectivity index (χ0) is 48.2. The molecule has 13 nitrogen and oxygen atoms in total. The normalized spacial score (nSPS) is 41.5. The van der Waals surface area contributed by atoms with Gasteiger partial charge in [0.2, 0.25) is 5.91 Å². The molecule has 65 heavy (non-hydrogen) atoms. The standard InChI is InChI=1S/C52H83NO12/c1-31-17-13-12-14-18-32(2)44(61-9)29-40-22-20-37(7)52(60,65-40)38(8)50(58)53-24-16-15-19-41(53)51(59)64-45(34(4)27-39-21-23-42(54)46(28-39)62-10)30-43(55)33(3)26-36(6)48(57)49(63-11)47(56)35(5)25-31/h12-14,17-18,26,31,33-35,37-42,44-46,48-49,54,57,60H,15-16,19-25,27-30H2,1-11H3/b14-12+,17-13+,32-18+,36-26+/t31-,33-,34-,35-,37-,38?,39+,40?,41+,42-,44+,45+,46-,48-,49+,52-/m1/s1. The summed E-state index contributed by atoms with van der Waals surface area (Å²) < 4.78 is 30.0. The molecule has 368 valence electrons. The van der Waals surface area contributed by atoms with Crippen LogP contribution in [0, 0.1) is 41.4 Å². The maximum atomic E-state index is 14.6. The van der Waals surface area contributed by atoms with E-state index >= 15 is 0 Å². The van der Waals surface area contributed by atoms with Crippen molar-refractivity contribution in [3.05, 3.63) is 47.6 Å². The number of aliphatic hydroxyl groups excluding tert-OH is 2. The van der Waals surface area contributed by atoms with Gasteiger partial charge in [-0.15, -0.1) is 0 Å². The first kappa shape index (κ1) is 54.6. The molecule has 16 atom stereocenters. The van der Waals surface area contributed by atoms with Gasteiger partial charge < -0.3 is 43.9 Å². The number of methoxy groups -OCH3 is 3. The van der Waals surface area contributed by atoms with Crippen molar-refractivity contribution in [1.82, 2.24) is 4.90 Å². The highest BCUT2D eigenvalue weighted by Crippen LogP contribution is 2.41. The van der Waals surface area contributed by atoms with Crippen molar-refractivity contribution in [1.29, 1.82) is 0 Å². The predicted molar refractivity (Wildman–Crippen MR) is 249 cm³/mol. The maximum absolute atomic E-state index is 14.6. The molecule has 0 aromatic carbocycles. The smallest absolute Gasteiger partial charge is 0.329 e. The monoisotopic (exact) mass is 914 g/mol. The Morgan fingerprint density at radius 3 is 2.25 bits per heavy atom. The highest BCUT2D eigenvalue weighted by Gasteiger charge is 2.51. The molecule has 0 aromatic heterocycles. The third-order valence-corrected chi connectivity index (χ3v) is 15.0. The van der Waals surface area contributed by atoms with Gasteiger partial charge in [-0.25, -0.2) is 4.79 Å². The summed E-state index contributed by atoms with van der Waals surface area (Å²) >= 11 is 0. The third-order valence-electron chi connectivity index (χ3n) is 15.0. The lowest BCUT2D eigenvalue weighted by Crippen LogP contribution is -2.59. The third kappa shape index (κ3) is 14.5. The summed E-state index contributed by atoms with van der Waals surface area (Å²) in [5.41, 5.74) is 1.38. The number of aliphatic hydroxyl groups is 3. The first-order valence-electron chi connectivity index (χ1n) is 24.4. The van der Waals surface area contributed by atoms with Crippen molar-refractivity contribution in [2.45, 2.75) is 187 Å². The number of rotatable bonds is 6. The minimum absolute atomic E-state index is 0.0468. The van der Waals surface area contributed by atoms with E-state index in [1.807, 2.05) is 65.0 Å². The number of Topliss-reactive ketones (excluding diaryl/α,β-unsaturated/α-hetero) is 2. The Morgan fingerprint density at radius 1 is 0.846 bits per heavy atom. The lowest BCUT2D eigenvalue weighted by molar-refractivity contribution is -0.303. The van der Waals surface area contributed by atoms with Crippen LogP contribution >= 0.6 is 0 Å². The molecule has 3 N–H and O–H groups in total. The summed E-state index contributed by atoms with van der Waals surface area (Å²) in [6.07, 6.45) is 13.2. The maximum Gasteiger partial charge on any atom is 0.329 e. The number of nitrogens with zero attached hydrogens (tertiary/aromatic N) is 1. The summed E-state index contributed by atoms with van der Waals surface area (Å²) in [6.45, 7) is 15.1. The van der Waals surface area contributed by atoms with Crippen LogP contribution in [0.1, 0.15) is 132 Å². The molecule has 3 fully saturated rings. The van der Waals surface area contributed by atoms with Crippen molar-refractivity contribution in [3.8, 4) is 0 Å². The van der Waals surface area contributed by atoms with E-state index in [2.05, 4.69) is 0 Å². The first-order valence-corrected chi connectivity index (χ1v) is 24.4. The summed E-state index contributed by atoms with van der Waals surface area (Å²) in [5.74, 6) is -5.75. The highest BCUT2D eigenvalue weighted by molar-refractivity contribution is 5.88. The SMILES string of the molecule is CO[C@H]1CC2CC[C@@H](C)[C@@](O)(O2)C(C)C(=O)N2CCCC[C@H]2C(=O)O[C@H]([C@H](C)C[C@@H]2CC[C@@H](O)[C@H](OC)C2)CC(=O)[C@H](C)/C=C(\C)[C@@H](O)[C@@H](OC)C(=O)[C@H](C)C[C@H](C)/C=C/C=C/C=C/1C. The van der Waals surface area contributed by atoms with E-state index in [1.54, 1.807) is 41.1 Å². The van der Waals surface area contributed by atoms with Crippen molar-refractivity contribution in [3.63, 3.8) is 0 Å². The predicted octanol–water partition coefficient (Wildman–Crippen LogP) is 7.25. The summed E-state index contributed by atoms with van der Waals surface area (Å²) in [4.78, 5) is 58.5. The number of allylic oxidation sites excluding steroid dienone is 6. The van der Waals surface area contributed by atoms with Gasteiger partial charge in [-0.2, -0.15) is 0 Å². The van der Waals surface area contributed by atoms with Crippen LogP contribution in [0.5, 0.6) is 0 Å². The number of hydrogen-bond acceptors (Lipinski definition) is 12. The van der Waals surface area contributed by atoms with Crippen LogP contribution in [-0.2, 0) is 42.9 Å². The molecular weight excluding hydrogens is 831 g/mol. The fourth-order valence-electron chi connectivity index (χ4n) is 10.6. The number of piperidine rings is 1. The Kier molecular flexibility index (Phi) is 21.3. The molecule has 2 unspecified atom stereocenters. The number of ether oxygens (including phenoxy) is 5. The highest BCUT2D eigenvalue weighted by atomic mass is 16.6. The second kappa shape index (κ2) is 25.4. The van der Waals surface area contributed by atoms with Gasteiger partial charge in [-0.1, -0.05) is 71.1 Å². The summed E-state index contributed by atoms with van der Waals surface area (Å²) in [7, 11) is 4.63. The van der Waals surface area contributed by atoms with Crippen LogP contribution in [0.3, 0.4) is 0 Å². The number of hydrogen-bond donors (Lipinski definition) is 3. The second-order valence-corrected chi connectivity index (χ2v) is 20.1. The van der Waals surface area contributed by atoms with Crippen LogP contribution in [0.2, 0.25) is 0 Å². The Balaban J connectivity index is 1.70. The first-order chi connectivity index (χ1) is 30.7. The molecule has 0 spiro atoms. The zero-order valence-corrected chi connectivity index (χ0v) is 41.3. The Hall–Kier alpha value is -3.04. The number of fused-ring (bicyclic) bond motifs is 3. The number of amides is 1. The van der Waals surface area contributed by atoms with Crippen molar-refractivity contribution < 1.29 is 58.2 Å². The molecule has 4 aliphatic rings. The van der Waals surface area contributed by atoms with Crippen LogP contribution in [0.15, 0.2) is 47.6 Å². The zero-order valence-electron chi connectivity index (χ0n) is 41.3. The Bertz CT molecular complexity index is 1710. The van der Waals surface area contributed by atoms with Gasteiger partial charge >= 0.3 is 5.97 Å². The summed E-state index contributed by atoms with van der Waals surface area (Å²) in [6, 6.07) is -0.919. The molecule has 13 heteroatoms. The van der Waals surface area contributed by atoms with Crippen LogP contribution in [-0.4, -0.2) is 126 Å². The molecule has 0 aromatic rings. The lowest BCUT2D eigenvalue weighted by Gasteiger charge is -2.47. The number of carbonyl (C=O) groups is 4. The molecule has 2 saturated heterocycles.